The first-order chi connectivity index (χ1) is 10.6. The molecule has 1 unspecified atom stereocenters. The molecule has 1 aromatic rings. The molecule has 2 rings (SSSR count). The van der Waals surface area contributed by atoms with Crippen molar-refractivity contribution in [2.24, 2.45) is 0 Å². The Hall–Kier alpha value is -1.83. The summed E-state index contributed by atoms with van der Waals surface area (Å²) in [5.41, 5.74) is 0.606. The SMILES string of the molecule is CN(C)C(=O)COc1cccc(NC(=O)C2CNCCO2)c1.Cl. The summed E-state index contributed by atoms with van der Waals surface area (Å²) in [6.45, 7) is 1.74. The fraction of sp³-hybridized carbons (Fsp3) is 0.467. The first-order valence-electron chi connectivity index (χ1n) is 7.12. The van der Waals surface area contributed by atoms with Crippen molar-refractivity contribution in [1.29, 1.82) is 0 Å². The lowest BCUT2D eigenvalue weighted by Gasteiger charge is -2.22. The highest BCUT2D eigenvalue weighted by atomic mass is 35.5. The van der Waals surface area contributed by atoms with E-state index in [1.807, 2.05) is 0 Å². The summed E-state index contributed by atoms with van der Waals surface area (Å²) in [5, 5.41) is 5.89. The van der Waals surface area contributed by atoms with E-state index in [0.29, 0.717) is 24.6 Å². The third kappa shape index (κ3) is 6.05. The number of nitrogens with zero attached hydrogens (tertiary/aromatic N) is 1. The van der Waals surface area contributed by atoms with Crippen molar-refractivity contribution in [3.8, 4) is 5.75 Å². The predicted octanol–water partition coefficient (Wildman–Crippen LogP) is 0.502. The maximum absolute atomic E-state index is 12.1. The zero-order chi connectivity index (χ0) is 15.9. The third-order valence-corrected chi connectivity index (χ3v) is 3.18. The molecule has 1 aromatic carbocycles. The number of amides is 2. The summed E-state index contributed by atoms with van der Waals surface area (Å²) < 4.78 is 10.8. The smallest absolute Gasteiger partial charge is 0.259 e. The maximum atomic E-state index is 12.1. The highest BCUT2D eigenvalue weighted by molar-refractivity contribution is 5.94. The van der Waals surface area contributed by atoms with Gasteiger partial charge in [-0.1, -0.05) is 6.07 Å². The number of carbonyl (C=O) groups excluding carboxylic acids is 2. The van der Waals surface area contributed by atoms with E-state index in [1.165, 1.54) is 4.90 Å². The first-order valence-corrected chi connectivity index (χ1v) is 7.12. The van der Waals surface area contributed by atoms with Crippen molar-refractivity contribution in [2.45, 2.75) is 6.10 Å². The number of carbonyl (C=O) groups is 2. The Bertz CT molecular complexity index is 533. The largest absolute Gasteiger partial charge is 0.484 e. The van der Waals surface area contributed by atoms with Crippen LogP contribution >= 0.6 is 12.4 Å². The van der Waals surface area contributed by atoms with E-state index in [1.54, 1.807) is 38.4 Å². The summed E-state index contributed by atoms with van der Waals surface area (Å²) in [6.07, 6.45) is -0.492. The highest BCUT2D eigenvalue weighted by Crippen LogP contribution is 2.18. The molecule has 0 spiro atoms. The number of benzene rings is 1. The van der Waals surface area contributed by atoms with Crippen LogP contribution in [0, 0.1) is 0 Å². The molecule has 0 radical (unpaired) electrons. The minimum atomic E-state index is -0.492. The van der Waals surface area contributed by atoms with Crippen LogP contribution in [0.4, 0.5) is 5.69 Å². The van der Waals surface area contributed by atoms with Crippen molar-refractivity contribution in [3.63, 3.8) is 0 Å². The van der Waals surface area contributed by atoms with Gasteiger partial charge in [-0.2, -0.15) is 0 Å². The van der Waals surface area contributed by atoms with Crippen LogP contribution in [0.1, 0.15) is 0 Å². The topological polar surface area (TPSA) is 79.9 Å². The number of nitrogens with one attached hydrogen (secondary N) is 2. The number of hydrogen-bond donors (Lipinski definition) is 2. The lowest BCUT2D eigenvalue weighted by Crippen LogP contribution is -2.45. The molecule has 1 atom stereocenters. The van der Waals surface area contributed by atoms with Crippen molar-refractivity contribution >= 4 is 29.9 Å². The second-order valence-electron chi connectivity index (χ2n) is 5.16. The summed E-state index contributed by atoms with van der Waals surface area (Å²) in [4.78, 5) is 25.0. The molecule has 1 heterocycles. The van der Waals surface area contributed by atoms with Gasteiger partial charge in [0.15, 0.2) is 6.61 Å². The molecule has 1 fully saturated rings. The van der Waals surface area contributed by atoms with Gasteiger partial charge in [-0.05, 0) is 12.1 Å². The molecule has 0 saturated carbocycles. The van der Waals surface area contributed by atoms with E-state index < -0.39 is 6.10 Å². The van der Waals surface area contributed by atoms with Crippen LogP contribution in [0.15, 0.2) is 24.3 Å². The van der Waals surface area contributed by atoms with Crippen molar-refractivity contribution in [2.75, 3.05) is 45.7 Å². The molecule has 1 saturated heterocycles. The van der Waals surface area contributed by atoms with E-state index in [4.69, 9.17) is 9.47 Å². The molecular formula is C15H22ClN3O4. The van der Waals surface area contributed by atoms with E-state index in [2.05, 4.69) is 10.6 Å². The normalized spacial score (nSPS) is 16.9. The van der Waals surface area contributed by atoms with Crippen LogP contribution in [-0.2, 0) is 14.3 Å². The van der Waals surface area contributed by atoms with E-state index in [0.717, 1.165) is 6.54 Å². The Morgan fingerprint density at radius 1 is 1.43 bits per heavy atom. The quantitative estimate of drug-likeness (QED) is 0.814. The van der Waals surface area contributed by atoms with Gasteiger partial charge in [0.1, 0.15) is 11.9 Å². The second kappa shape index (κ2) is 9.34. The van der Waals surface area contributed by atoms with Gasteiger partial charge in [0.05, 0.1) is 6.61 Å². The van der Waals surface area contributed by atoms with Crippen molar-refractivity contribution < 1.29 is 19.1 Å². The lowest BCUT2D eigenvalue weighted by molar-refractivity contribution is -0.131. The Balaban J connectivity index is 0.00000264. The number of morpholine rings is 1. The molecule has 0 aliphatic carbocycles. The molecule has 23 heavy (non-hydrogen) atoms. The van der Waals surface area contributed by atoms with Crippen LogP contribution in [0.25, 0.3) is 0 Å². The maximum Gasteiger partial charge on any atom is 0.259 e. The van der Waals surface area contributed by atoms with E-state index >= 15 is 0 Å². The lowest BCUT2D eigenvalue weighted by atomic mass is 10.2. The average Bonchev–Trinajstić information content (AvgIpc) is 2.53. The van der Waals surface area contributed by atoms with Crippen LogP contribution in [0.5, 0.6) is 5.75 Å². The zero-order valence-corrected chi connectivity index (χ0v) is 14.0. The van der Waals surface area contributed by atoms with Crippen molar-refractivity contribution in [3.05, 3.63) is 24.3 Å². The van der Waals surface area contributed by atoms with Gasteiger partial charge in [-0.3, -0.25) is 9.59 Å². The standard InChI is InChI=1S/C15H21N3O4.ClH/c1-18(2)14(19)10-22-12-5-3-4-11(8-12)17-15(20)13-9-16-6-7-21-13;/h3-5,8,13,16H,6-7,9-10H2,1-2H3,(H,17,20);1H. The summed E-state index contributed by atoms with van der Waals surface area (Å²) in [5.74, 6) is 0.195. The van der Waals surface area contributed by atoms with E-state index in [9.17, 15) is 9.59 Å². The van der Waals surface area contributed by atoms with Gasteiger partial charge in [0, 0.05) is 38.9 Å². The predicted molar refractivity (Wildman–Crippen MR) is 89.1 cm³/mol. The number of likely N-dealkylation sites (N-methyl/N-ethyl adjacent to an activating group) is 1. The van der Waals surface area contributed by atoms with Crippen LogP contribution in [0.3, 0.4) is 0 Å². The molecule has 7 nitrogen and oxygen atoms in total. The minimum absolute atomic E-state index is 0. The zero-order valence-electron chi connectivity index (χ0n) is 13.2. The second-order valence-corrected chi connectivity index (χ2v) is 5.16. The number of anilines is 1. The Morgan fingerprint density at radius 2 is 2.22 bits per heavy atom. The number of ether oxygens (including phenoxy) is 2. The fourth-order valence-electron chi connectivity index (χ4n) is 1.89. The van der Waals surface area contributed by atoms with Gasteiger partial charge in [-0.15, -0.1) is 12.4 Å². The van der Waals surface area contributed by atoms with Crippen LogP contribution < -0.4 is 15.4 Å². The van der Waals surface area contributed by atoms with Crippen LogP contribution in [0.2, 0.25) is 0 Å². The molecular weight excluding hydrogens is 322 g/mol. The first kappa shape index (κ1) is 19.2. The van der Waals surface area contributed by atoms with Crippen LogP contribution in [-0.4, -0.2) is 63.2 Å². The van der Waals surface area contributed by atoms with Gasteiger partial charge >= 0.3 is 0 Å². The summed E-state index contributed by atoms with van der Waals surface area (Å²) in [7, 11) is 3.33. The molecule has 8 heteroatoms. The van der Waals surface area contributed by atoms with Gasteiger partial charge in [0.2, 0.25) is 0 Å². The molecule has 2 amide bonds. The molecule has 2 N–H and O–H groups in total. The number of halogens is 1. The number of rotatable bonds is 5. The Labute approximate surface area is 141 Å². The fourth-order valence-corrected chi connectivity index (χ4v) is 1.89. The summed E-state index contributed by atoms with van der Waals surface area (Å²) in [6, 6.07) is 6.92. The minimum Gasteiger partial charge on any atom is -0.484 e. The monoisotopic (exact) mass is 343 g/mol. The highest BCUT2D eigenvalue weighted by Gasteiger charge is 2.21. The van der Waals surface area contributed by atoms with Crippen molar-refractivity contribution in [1.82, 2.24) is 10.2 Å². The molecule has 1 aliphatic heterocycles. The van der Waals surface area contributed by atoms with Gasteiger partial charge in [0.25, 0.3) is 11.8 Å². The number of hydrogen-bond acceptors (Lipinski definition) is 5. The van der Waals surface area contributed by atoms with Gasteiger partial charge < -0.3 is 25.0 Å². The molecule has 0 bridgehead atoms. The molecule has 1 aliphatic rings. The Morgan fingerprint density at radius 3 is 2.87 bits per heavy atom. The average molecular weight is 344 g/mol. The third-order valence-electron chi connectivity index (χ3n) is 3.18. The summed E-state index contributed by atoms with van der Waals surface area (Å²) >= 11 is 0. The van der Waals surface area contributed by atoms with Gasteiger partial charge in [-0.25, -0.2) is 0 Å². The Kier molecular flexibility index (Phi) is 7.80. The van der Waals surface area contributed by atoms with E-state index in [-0.39, 0.29) is 30.8 Å². The molecule has 0 aromatic heterocycles. The molecule has 128 valence electrons.